The molecule has 0 atom stereocenters. The minimum Gasteiger partial charge on any atom is -0.358 e. The van der Waals surface area contributed by atoms with Gasteiger partial charge in [-0.05, 0) is 25.1 Å². The van der Waals surface area contributed by atoms with Crippen LogP contribution >= 0.6 is 0 Å². The molecule has 3 aromatic carbocycles. The number of ketones is 1. The van der Waals surface area contributed by atoms with Crippen LogP contribution in [0, 0.1) is 6.92 Å². The maximum absolute atomic E-state index is 13.7. The molecule has 0 bridgehead atoms. The molecule has 0 saturated carbocycles. The van der Waals surface area contributed by atoms with E-state index in [1.54, 1.807) is 0 Å². The summed E-state index contributed by atoms with van der Waals surface area (Å²) in [6.45, 7) is 6.08. The number of benzene rings is 3. The van der Waals surface area contributed by atoms with Gasteiger partial charge in [0.1, 0.15) is 5.52 Å². The lowest BCUT2D eigenvalue weighted by Crippen LogP contribution is -3.12. The van der Waals surface area contributed by atoms with Gasteiger partial charge in [-0.15, -0.1) is 0 Å². The molecule has 1 aromatic heterocycles. The van der Waals surface area contributed by atoms with Crippen molar-refractivity contribution < 1.29 is 14.2 Å². The third-order valence-corrected chi connectivity index (χ3v) is 6.67. The van der Waals surface area contributed by atoms with Crippen LogP contribution in [-0.2, 0) is 0 Å². The van der Waals surface area contributed by atoms with E-state index in [9.17, 15) is 4.79 Å². The molecule has 1 fully saturated rings. The van der Waals surface area contributed by atoms with Gasteiger partial charge < -0.3 is 19.6 Å². The third kappa shape index (κ3) is 2.91. The molecule has 6 heteroatoms. The summed E-state index contributed by atoms with van der Waals surface area (Å²) in [5, 5.41) is 8.81. The second-order valence-electron chi connectivity index (χ2n) is 8.86. The van der Waals surface area contributed by atoms with Crippen molar-refractivity contribution in [2.45, 2.75) is 6.92 Å². The summed E-state index contributed by atoms with van der Waals surface area (Å²) in [6, 6.07) is 17.9. The monoisotopic (exact) mass is 425 g/mol. The summed E-state index contributed by atoms with van der Waals surface area (Å²) in [7, 11) is 2.22. The minimum atomic E-state index is 0.00489. The number of rotatable bonds is 3. The average molecular weight is 426 g/mol. The Morgan fingerprint density at radius 1 is 1.03 bits per heavy atom. The van der Waals surface area contributed by atoms with Gasteiger partial charge in [-0.1, -0.05) is 47.1 Å². The Kier molecular flexibility index (Phi) is 4.30. The molecule has 0 amide bonds. The Morgan fingerprint density at radius 2 is 1.75 bits per heavy atom. The molecule has 0 unspecified atom stereocenters. The molecule has 2 heterocycles. The fourth-order valence-corrected chi connectivity index (χ4v) is 4.80. The van der Waals surface area contributed by atoms with Gasteiger partial charge in [-0.3, -0.25) is 4.79 Å². The molecule has 32 heavy (non-hydrogen) atoms. The van der Waals surface area contributed by atoms with Crippen molar-refractivity contribution in [1.29, 1.82) is 0 Å². The second-order valence-corrected chi connectivity index (χ2v) is 8.86. The van der Waals surface area contributed by atoms with Crippen molar-refractivity contribution in [3.63, 3.8) is 0 Å². The second kappa shape index (κ2) is 7.21. The number of hydrogen-bond acceptors (Lipinski definition) is 5. The van der Waals surface area contributed by atoms with Crippen LogP contribution in [0.3, 0.4) is 0 Å². The van der Waals surface area contributed by atoms with Crippen molar-refractivity contribution in [2.24, 2.45) is 0 Å². The molecule has 160 valence electrons. The lowest BCUT2D eigenvalue weighted by Gasteiger charge is -2.32. The summed E-state index contributed by atoms with van der Waals surface area (Å²) < 4.78 is 5.88. The van der Waals surface area contributed by atoms with E-state index in [0.29, 0.717) is 16.9 Å². The van der Waals surface area contributed by atoms with E-state index in [2.05, 4.69) is 47.5 Å². The van der Waals surface area contributed by atoms with Crippen LogP contribution in [-0.4, -0.2) is 44.2 Å². The zero-order valence-corrected chi connectivity index (χ0v) is 18.2. The molecule has 6 rings (SSSR count). The van der Waals surface area contributed by atoms with Crippen molar-refractivity contribution in [2.75, 3.05) is 43.4 Å². The molecular formula is C26H25N4O2+. The van der Waals surface area contributed by atoms with Gasteiger partial charge in [0.05, 0.1) is 55.6 Å². The highest BCUT2D eigenvalue weighted by Crippen LogP contribution is 2.46. The number of hydrogen-bond donors (Lipinski definition) is 2. The van der Waals surface area contributed by atoms with Gasteiger partial charge in [0.2, 0.25) is 0 Å². The van der Waals surface area contributed by atoms with E-state index in [1.807, 2.05) is 36.4 Å². The fourth-order valence-electron chi connectivity index (χ4n) is 4.80. The molecule has 1 aliphatic carbocycles. The summed E-state index contributed by atoms with van der Waals surface area (Å²) in [4.78, 5) is 17.6. The number of anilines is 3. The normalized spacial score (nSPS) is 15.8. The standard InChI is InChI=1S/C26H24N4O2/c1-16-7-9-17(10-8-16)27-20-15-21(30-13-11-29(2)12-14-30)24-23-22(20)25(31)18-5-3-4-6-19(18)26(23)32-28-24/h3-10,15,27H,11-14H2,1-2H3/p+1. The summed E-state index contributed by atoms with van der Waals surface area (Å²) in [5.74, 6) is 0.684. The molecule has 1 saturated heterocycles. The third-order valence-electron chi connectivity index (χ3n) is 6.67. The number of carbonyl (C=O) groups is 1. The molecule has 0 spiro atoms. The maximum Gasteiger partial charge on any atom is 0.196 e. The number of aromatic nitrogens is 1. The Hall–Kier alpha value is -3.64. The number of nitrogens with zero attached hydrogens (tertiary/aromatic N) is 2. The van der Waals surface area contributed by atoms with Crippen LogP contribution in [0.25, 0.3) is 22.2 Å². The number of fused-ring (bicyclic) bond motifs is 2. The minimum absolute atomic E-state index is 0.00489. The van der Waals surface area contributed by atoms with Crippen molar-refractivity contribution in [3.8, 4) is 11.3 Å². The largest absolute Gasteiger partial charge is 0.358 e. The Balaban J connectivity index is 1.58. The summed E-state index contributed by atoms with van der Waals surface area (Å²) in [5.41, 5.74) is 6.84. The number of quaternary nitrogens is 1. The summed E-state index contributed by atoms with van der Waals surface area (Å²) in [6.07, 6.45) is 0. The number of aryl methyl sites for hydroxylation is 1. The molecule has 2 aliphatic rings. The van der Waals surface area contributed by atoms with Gasteiger partial charge in [0.25, 0.3) is 0 Å². The maximum atomic E-state index is 13.7. The quantitative estimate of drug-likeness (QED) is 0.464. The first-order valence-corrected chi connectivity index (χ1v) is 11.1. The van der Waals surface area contributed by atoms with E-state index in [1.165, 1.54) is 10.5 Å². The highest BCUT2D eigenvalue weighted by Gasteiger charge is 2.34. The zero-order chi connectivity index (χ0) is 21.8. The fraction of sp³-hybridized carbons (Fsp3) is 0.231. The summed E-state index contributed by atoms with van der Waals surface area (Å²) >= 11 is 0. The average Bonchev–Trinajstić information content (AvgIpc) is 3.25. The van der Waals surface area contributed by atoms with Crippen molar-refractivity contribution in [1.82, 2.24) is 5.16 Å². The molecule has 1 aliphatic heterocycles. The predicted octanol–water partition coefficient (Wildman–Crippen LogP) is 3.43. The SMILES string of the molecule is Cc1ccc(Nc2cc(N3CC[NH+](C)CC3)c3noc4c3c2C(=O)c2ccccc2-4)cc1. The van der Waals surface area contributed by atoms with E-state index in [-0.39, 0.29) is 5.78 Å². The van der Waals surface area contributed by atoms with Gasteiger partial charge in [0, 0.05) is 16.8 Å². The van der Waals surface area contributed by atoms with Gasteiger partial charge in [0.15, 0.2) is 11.5 Å². The van der Waals surface area contributed by atoms with Crippen LogP contribution in [0.2, 0.25) is 0 Å². The van der Waals surface area contributed by atoms with Gasteiger partial charge in [-0.25, -0.2) is 0 Å². The number of carbonyl (C=O) groups excluding carboxylic acids is 1. The van der Waals surface area contributed by atoms with Gasteiger partial charge in [-0.2, -0.15) is 0 Å². The first-order chi connectivity index (χ1) is 15.6. The molecule has 4 aromatic rings. The predicted molar refractivity (Wildman–Crippen MR) is 126 cm³/mol. The van der Waals surface area contributed by atoms with E-state index in [4.69, 9.17) is 4.52 Å². The lowest BCUT2D eigenvalue weighted by atomic mass is 9.86. The molecule has 6 nitrogen and oxygen atoms in total. The van der Waals surface area contributed by atoms with Crippen molar-refractivity contribution in [3.05, 3.63) is 71.3 Å². The number of nitrogens with one attached hydrogen (secondary N) is 2. The zero-order valence-electron chi connectivity index (χ0n) is 18.2. The smallest absolute Gasteiger partial charge is 0.196 e. The first kappa shape index (κ1) is 19.1. The Bertz CT molecular complexity index is 1350. The highest BCUT2D eigenvalue weighted by molar-refractivity contribution is 6.28. The van der Waals surface area contributed by atoms with Crippen LogP contribution in [0.5, 0.6) is 0 Å². The Morgan fingerprint density at radius 3 is 2.50 bits per heavy atom. The Labute approximate surface area is 186 Å². The van der Waals surface area contributed by atoms with E-state index >= 15 is 0 Å². The molecular weight excluding hydrogens is 400 g/mol. The van der Waals surface area contributed by atoms with Gasteiger partial charge >= 0.3 is 0 Å². The van der Waals surface area contributed by atoms with Crippen LogP contribution in [0.15, 0.2) is 59.1 Å². The van der Waals surface area contributed by atoms with Crippen molar-refractivity contribution >= 4 is 33.7 Å². The topological polar surface area (TPSA) is 62.8 Å². The molecule has 2 N–H and O–H groups in total. The van der Waals surface area contributed by atoms with Crippen LogP contribution < -0.4 is 15.1 Å². The van der Waals surface area contributed by atoms with Crippen LogP contribution in [0.1, 0.15) is 21.5 Å². The number of likely N-dealkylation sites (N-methyl/N-ethyl adjacent to an activating group) is 1. The number of piperazine rings is 1. The lowest BCUT2D eigenvalue weighted by molar-refractivity contribution is -0.880. The highest BCUT2D eigenvalue weighted by atomic mass is 16.5. The first-order valence-electron chi connectivity index (χ1n) is 11.1. The molecule has 0 radical (unpaired) electrons. The van der Waals surface area contributed by atoms with E-state index < -0.39 is 0 Å². The van der Waals surface area contributed by atoms with E-state index in [0.717, 1.165) is 59.7 Å². The van der Waals surface area contributed by atoms with Crippen LogP contribution in [0.4, 0.5) is 17.1 Å².